The van der Waals surface area contributed by atoms with Gasteiger partial charge in [0.2, 0.25) is 5.91 Å². The van der Waals surface area contributed by atoms with E-state index in [9.17, 15) is 9.59 Å². The Kier molecular flexibility index (Phi) is 4.16. The van der Waals surface area contributed by atoms with Crippen molar-refractivity contribution in [1.29, 1.82) is 0 Å². The van der Waals surface area contributed by atoms with Crippen LogP contribution in [0.5, 0.6) is 0 Å². The predicted octanol–water partition coefficient (Wildman–Crippen LogP) is 0.316. The Hall–Kier alpha value is -1.60. The molecule has 1 fully saturated rings. The number of carbonyl (C=O) groups is 2. The van der Waals surface area contributed by atoms with Crippen molar-refractivity contribution in [2.45, 2.75) is 12.6 Å². The fourth-order valence-corrected chi connectivity index (χ4v) is 2.52. The van der Waals surface area contributed by atoms with Crippen LogP contribution in [0.4, 0.5) is 4.79 Å². The molecule has 0 radical (unpaired) electrons. The van der Waals surface area contributed by atoms with Gasteiger partial charge in [-0.05, 0) is 11.4 Å². The molecule has 7 heteroatoms. The van der Waals surface area contributed by atoms with Gasteiger partial charge in [-0.25, -0.2) is 4.79 Å². The van der Waals surface area contributed by atoms with E-state index in [1.54, 1.807) is 11.3 Å². The topological polar surface area (TPSA) is 81.7 Å². The maximum Gasteiger partial charge on any atom is 0.408 e. The number of nitrogens with one attached hydrogen (secondary N) is 2. The number of carbonyl (C=O) groups excluding carboxylic acids is 1. The van der Waals surface area contributed by atoms with Gasteiger partial charge >= 0.3 is 6.09 Å². The first kappa shape index (κ1) is 12.8. The summed E-state index contributed by atoms with van der Waals surface area (Å²) in [5.41, 5.74) is 0. The first-order valence-electron chi connectivity index (χ1n) is 5.69. The predicted molar refractivity (Wildman–Crippen MR) is 67.6 cm³/mol. The summed E-state index contributed by atoms with van der Waals surface area (Å²) in [5, 5.41) is 16.8. The van der Waals surface area contributed by atoms with Gasteiger partial charge in [-0.1, -0.05) is 6.07 Å². The minimum absolute atomic E-state index is 0.252. The number of amides is 2. The highest BCUT2D eigenvalue weighted by atomic mass is 32.1. The molecule has 1 aliphatic heterocycles. The van der Waals surface area contributed by atoms with E-state index in [0.29, 0.717) is 26.2 Å². The summed E-state index contributed by atoms with van der Waals surface area (Å²) in [6, 6.07) is 3.20. The maximum absolute atomic E-state index is 12.0. The van der Waals surface area contributed by atoms with E-state index in [-0.39, 0.29) is 5.91 Å². The summed E-state index contributed by atoms with van der Waals surface area (Å²) in [7, 11) is 0. The Labute approximate surface area is 109 Å². The summed E-state index contributed by atoms with van der Waals surface area (Å²) in [6.07, 6.45) is -1.05. The van der Waals surface area contributed by atoms with Gasteiger partial charge in [0.05, 0.1) is 6.54 Å². The lowest BCUT2D eigenvalue weighted by Gasteiger charge is -2.32. The van der Waals surface area contributed by atoms with E-state index in [1.807, 2.05) is 17.5 Å². The van der Waals surface area contributed by atoms with E-state index >= 15 is 0 Å². The lowest BCUT2D eigenvalue weighted by Crippen LogP contribution is -2.59. The second-order valence-electron chi connectivity index (χ2n) is 3.99. The van der Waals surface area contributed by atoms with Gasteiger partial charge in [-0.3, -0.25) is 9.69 Å². The third-order valence-corrected chi connectivity index (χ3v) is 3.69. The average Bonchev–Trinajstić information content (AvgIpc) is 2.89. The molecule has 0 unspecified atom stereocenters. The molecule has 6 nitrogen and oxygen atoms in total. The molecule has 0 bridgehead atoms. The van der Waals surface area contributed by atoms with Gasteiger partial charge in [0.15, 0.2) is 0 Å². The van der Waals surface area contributed by atoms with Gasteiger partial charge in [0, 0.05) is 24.5 Å². The summed E-state index contributed by atoms with van der Waals surface area (Å²) in [4.78, 5) is 25.2. The first-order chi connectivity index (χ1) is 8.68. The molecule has 0 saturated carbocycles. The number of rotatable bonds is 3. The highest BCUT2D eigenvalue weighted by Gasteiger charge is 2.31. The van der Waals surface area contributed by atoms with E-state index in [2.05, 4.69) is 10.6 Å². The third-order valence-electron chi connectivity index (χ3n) is 2.81. The van der Waals surface area contributed by atoms with Crippen molar-refractivity contribution in [3.8, 4) is 0 Å². The molecular weight excluding hydrogens is 254 g/mol. The molecule has 1 atom stereocenters. The van der Waals surface area contributed by atoms with E-state index in [1.165, 1.54) is 4.90 Å². The monoisotopic (exact) mass is 269 g/mol. The molecule has 0 aliphatic carbocycles. The number of hydrogen-bond donors (Lipinski definition) is 3. The Morgan fingerprint density at radius 1 is 1.61 bits per heavy atom. The molecule has 1 saturated heterocycles. The van der Waals surface area contributed by atoms with Crippen LogP contribution in [-0.4, -0.2) is 47.7 Å². The molecule has 1 aromatic heterocycles. The molecular formula is C11H15N3O3S. The van der Waals surface area contributed by atoms with Crippen LogP contribution in [-0.2, 0) is 11.3 Å². The SMILES string of the molecule is O=C(NCc1cccs1)[C@@H]1CNCCN1C(=O)O. The number of thiophene rings is 1. The normalized spacial score (nSPS) is 19.6. The molecule has 2 amide bonds. The van der Waals surface area contributed by atoms with Crippen LogP contribution in [0.2, 0.25) is 0 Å². The molecule has 1 aliphatic rings. The van der Waals surface area contributed by atoms with Crippen molar-refractivity contribution < 1.29 is 14.7 Å². The van der Waals surface area contributed by atoms with Gasteiger partial charge in [-0.2, -0.15) is 0 Å². The van der Waals surface area contributed by atoms with E-state index in [0.717, 1.165) is 4.88 Å². The lowest BCUT2D eigenvalue weighted by molar-refractivity contribution is -0.126. The van der Waals surface area contributed by atoms with Crippen molar-refractivity contribution in [2.75, 3.05) is 19.6 Å². The molecule has 2 heterocycles. The zero-order chi connectivity index (χ0) is 13.0. The second-order valence-corrected chi connectivity index (χ2v) is 5.03. The molecule has 0 aromatic carbocycles. The third kappa shape index (κ3) is 2.99. The molecule has 2 rings (SSSR count). The number of piperazine rings is 1. The van der Waals surface area contributed by atoms with Crippen LogP contribution >= 0.6 is 11.3 Å². The second kappa shape index (κ2) is 5.83. The quantitative estimate of drug-likeness (QED) is 0.738. The van der Waals surface area contributed by atoms with Crippen LogP contribution in [0, 0.1) is 0 Å². The van der Waals surface area contributed by atoms with E-state index < -0.39 is 12.1 Å². The summed E-state index contributed by atoms with van der Waals surface area (Å²) < 4.78 is 0. The van der Waals surface area contributed by atoms with Crippen molar-refractivity contribution in [1.82, 2.24) is 15.5 Å². The number of hydrogen-bond acceptors (Lipinski definition) is 4. The van der Waals surface area contributed by atoms with Crippen LogP contribution in [0.1, 0.15) is 4.88 Å². The first-order valence-corrected chi connectivity index (χ1v) is 6.57. The Morgan fingerprint density at radius 3 is 3.11 bits per heavy atom. The smallest absolute Gasteiger partial charge is 0.408 e. The number of carboxylic acid groups (broad SMARTS) is 1. The zero-order valence-corrected chi connectivity index (χ0v) is 10.6. The lowest BCUT2D eigenvalue weighted by atomic mass is 10.2. The van der Waals surface area contributed by atoms with Crippen molar-refractivity contribution in [2.24, 2.45) is 0 Å². The van der Waals surface area contributed by atoms with Gasteiger partial charge < -0.3 is 15.7 Å². The van der Waals surface area contributed by atoms with Crippen molar-refractivity contribution in [3.05, 3.63) is 22.4 Å². The Morgan fingerprint density at radius 2 is 2.44 bits per heavy atom. The van der Waals surface area contributed by atoms with Crippen LogP contribution in [0.15, 0.2) is 17.5 Å². The van der Waals surface area contributed by atoms with Crippen LogP contribution < -0.4 is 10.6 Å². The highest BCUT2D eigenvalue weighted by molar-refractivity contribution is 7.09. The molecule has 1 aromatic rings. The summed E-state index contributed by atoms with van der Waals surface area (Å²) >= 11 is 1.56. The van der Waals surface area contributed by atoms with Gasteiger partial charge in [0.25, 0.3) is 0 Å². The fourth-order valence-electron chi connectivity index (χ4n) is 1.87. The fraction of sp³-hybridized carbons (Fsp3) is 0.455. The maximum atomic E-state index is 12.0. The highest BCUT2D eigenvalue weighted by Crippen LogP contribution is 2.09. The molecule has 98 valence electrons. The molecule has 3 N–H and O–H groups in total. The van der Waals surface area contributed by atoms with E-state index in [4.69, 9.17) is 5.11 Å². The minimum Gasteiger partial charge on any atom is -0.465 e. The van der Waals surface area contributed by atoms with Crippen LogP contribution in [0.3, 0.4) is 0 Å². The zero-order valence-electron chi connectivity index (χ0n) is 9.76. The molecule has 0 spiro atoms. The Balaban J connectivity index is 1.92. The van der Waals surface area contributed by atoms with Gasteiger partial charge in [0.1, 0.15) is 6.04 Å². The largest absolute Gasteiger partial charge is 0.465 e. The summed E-state index contributed by atoms with van der Waals surface area (Å²) in [5.74, 6) is -0.252. The average molecular weight is 269 g/mol. The number of nitrogens with zero attached hydrogens (tertiary/aromatic N) is 1. The van der Waals surface area contributed by atoms with Crippen molar-refractivity contribution in [3.63, 3.8) is 0 Å². The van der Waals surface area contributed by atoms with Crippen LogP contribution in [0.25, 0.3) is 0 Å². The standard InChI is InChI=1S/C11H15N3O3S/c15-10(13-6-8-2-1-5-18-8)9-7-12-3-4-14(9)11(16)17/h1-2,5,9,12H,3-4,6-7H2,(H,13,15)(H,16,17)/t9-/m0/s1. The molecule has 18 heavy (non-hydrogen) atoms. The minimum atomic E-state index is -1.05. The van der Waals surface area contributed by atoms with Crippen molar-refractivity contribution >= 4 is 23.3 Å². The summed E-state index contributed by atoms with van der Waals surface area (Å²) in [6.45, 7) is 1.73. The van der Waals surface area contributed by atoms with Gasteiger partial charge in [-0.15, -0.1) is 11.3 Å². The Bertz CT molecular complexity index is 421.